The fourth-order valence-electron chi connectivity index (χ4n) is 1.41. The normalized spacial score (nSPS) is 11.9. The molecule has 80 valence electrons. The quantitative estimate of drug-likeness (QED) is 0.758. The Balaban J connectivity index is 2.77. The van der Waals surface area contributed by atoms with Gasteiger partial charge in [-0.2, -0.15) is 0 Å². The Bertz CT molecular complexity index is 337. The summed E-state index contributed by atoms with van der Waals surface area (Å²) in [6, 6.07) is 7.84. The molecule has 0 aromatic heterocycles. The molecule has 0 heterocycles. The first-order chi connectivity index (χ1) is 7.19. The van der Waals surface area contributed by atoms with E-state index in [0.29, 0.717) is 6.54 Å². The molecule has 0 spiro atoms. The SMILES string of the molecule is C#CCN(C)c1ccc([C@H](O)CC)cc1. The van der Waals surface area contributed by atoms with Gasteiger partial charge < -0.3 is 10.0 Å². The van der Waals surface area contributed by atoms with Crippen molar-refractivity contribution in [3.8, 4) is 12.3 Å². The largest absolute Gasteiger partial charge is 0.388 e. The molecule has 1 aromatic rings. The molecule has 0 amide bonds. The Morgan fingerprint density at radius 1 is 1.40 bits per heavy atom. The number of aliphatic hydroxyl groups excluding tert-OH is 1. The lowest BCUT2D eigenvalue weighted by Gasteiger charge is -2.17. The van der Waals surface area contributed by atoms with Crippen LogP contribution in [0.2, 0.25) is 0 Å². The third-order valence-corrected chi connectivity index (χ3v) is 2.43. The standard InChI is InChI=1S/C13H17NO/c1-4-10-14(3)12-8-6-11(7-9-12)13(15)5-2/h1,6-9,13,15H,5,10H2,2-3H3/t13-/m1/s1. The van der Waals surface area contributed by atoms with Crippen molar-refractivity contribution in [2.75, 3.05) is 18.5 Å². The average Bonchev–Trinajstić information content (AvgIpc) is 2.28. The van der Waals surface area contributed by atoms with E-state index in [2.05, 4.69) is 5.92 Å². The molecule has 0 radical (unpaired) electrons. The van der Waals surface area contributed by atoms with Gasteiger partial charge in [-0.25, -0.2) is 0 Å². The van der Waals surface area contributed by atoms with E-state index in [1.165, 1.54) is 0 Å². The smallest absolute Gasteiger partial charge is 0.0788 e. The zero-order valence-corrected chi connectivity index (χ0v) is 9.27. The molecule has 2 heteroatoms. The minimum absolute atomic E-state index is 0.364. The molecule has 0 aliphatic heterocycles. The van der Waals surface area contributed by atoms with Gasteiger partial charge in [0.1, 0.15) is 0 Å². The second-order valence-corrected chi connectivity index (χ2v) is 3.58. The van der Waals surface area contributed by atoms with Gasteiger partial charge in [0.25, 0.3) is 0 Å². The summed E-state index contributed by atoms with van der Waals surface area (Å²) in [4.78, 5) is 1.99. The van der Waals surface area contributed by atoms with E-state index in [9.17, 15) is 5.11 Å². The Labute approximate surface area is 91.5 Å². The number of hydrogen-bond donors (Lipinski definition) is 1. The minimum Gasteiger partial charge on any atom is -0.388 e. The summed E-state index contributed by atoms with van der Waals surface area (Å²) in [5.74, 6) is 2.59. The topological polar surface area (TPSA) is 23.5 Å². The van der Waals surface area contributed by atoms with Gasteiger partial charge in [0, 0.05) is 12.7 Å². The van der Waals surface area contributed by atoms with Crippen LogP contribution < -0.4 is 4.90 Å². The van der Waals surface area contributed by atoms with Gasteiger partial charge in [-0.15, -0.1) is 6.42 Å². The zero-order chi connectivity index (χ0) is 11.3. The van der Waals surface area contributed by atoms with Crippen molar-refractivity contribution >= 4 is 5.69 Å². The molecular formula is C13H17NO. The van der Waals surface area contributed by atoms with Gasteiger partial charge in [0.15, 0.2) is 0 Å². The van der Waals surface area contributed by atoms with E-state index in [1.54, 1.807) is 0 Å². The zero-order valence-electron chi connectivity index (χ0n) is 9.27. The van der Waals surface area contributed by atoms with Crippen LogP contribution in [0.25, 0.3) is 0 Å². The van der Waals surface area contributed by atoms with E-state index >= 15 is 0 Å². The molecule has 0 saturated heterocycles. The number of terminal acetylenes is 1. The fraction of sp³-hybridized carbons (Fsp3) is 0.385. The van der Waals surface area contributed by atoms with Crippen LogP contribution in [0.4, 0.5) is 5.69 Å². The fourth-order valence-corrected chi connectivity index (χ4v) is 1.41. The van der Waals surface area contributed by atoms with Crippen molar-refractivity contribution in [1.82, 2.24) is 0 Å². The van der Waals surface area contributed by atoms with Crippen LogP contribution in [0.1, 0.15) is 25.0 Å². The molecule has 0 saturated carbocycles. The van der Waals surface area contributed by atoms with Crippen LogP contribution >= 0.6 is 0 Å². The Kier molecular flexibility index (Phi) is 4.20. The molecule has 1 atom stereocenters. The van der Waals surface area contributed by atoms with Gasteiger partial charge in [0.2, 0.25) is 0 Å². The minimum atomic E-state index is -0.364. The Morgan fingerprint density at radius 3 is 2.47 bits per heavy atom. The molecule has 0 unspecified atom stereocenters. The number of hydrogen-bond acceptors (Lipinski definition) is 2. The number of rotatable bonds is 4. The molecule has 15 heavy (non-hydrogen) atoms. The van der Waals surface area contributed by atoms with Crippen LogP contribution in [-0.4, -0.2) is 18.7 Å². The molecule has 1 rings (SSSR count). The molecule has 0 bridgehead atoms. The Hall–Kier alpha value is -1.46. The first kappa shape index (κ1) is 11.6. The van der Waals surface area contributed by atoms with Gasteiger partial charge in [0.05, 0.1) is 12.6 Å². The summed E-state index contributed by atoms with van der Waals surface area (Å²) in [6.45, 7) is 2.55. The number of anilines is 1. The van der Waals surface area contributed by atoms with Gasteiger partial charge in [-0.05, 0) is 24.1 Å². The van der Waals surface area contributed by atoms with E-state index in [4.69, 9.17) is 6.42 Å². The first-order valence-electron chi connectivity index (χ1n) is 5.11. The highest BCUT2D eigenvalue weighted by molar-refractivity contribution is 5.48. The highest BCUT2D eigenvalue weighted by Crippen LogP contribution is 2.20. The Morgan fingerprint density at radius 2 is 2.00 bits per heavy atom. The van der Waals surface area contributed by atoms with Crippen LogP contribution in [-0.2, 0) is 0 Å². The molecule has 0 aliphatic rings. The summed E-state index contributed by atoms with van der Waals surface area (Å²) in [6.07, 6.45) is 5.61. The van der Waals surface area contributed by atoms with Crippen molar-refractivity contribution in [2.45, 2.75) is 19.4 Å². The van der Waals surface area contributed by atoms with Crippen LogP contribution in [0.15, 0.2) is 24.3 Å². The van der Waals surface area contributed by atoms with Crippen LogP contribution in [0.3, 0.4) is 0 Å². The highest BCUT2D eigenvalue weighted by atomic mass is 16.3. The maximum atomic E-state index is 9.62. The van der Waals surface area contributed by atoms with Gasteiger partial charge in [-0.3, -0.25) is 0 Å². The van der Waals surface area contributed by atoms with Crippen molar-refractivity contribution in [1.29, 1.82) is 0 Å². The molecule has 0 aliphatic carbocycles. The van der Waals surface area contributed by atoms with E-state index in [-0.39, 0.29) is 6.10 Å². The third-order valence-electron chi connectivity index (χ3n) is 2.43. The lowest BCUT2D eigenvalue weighted by atomic mass is 10.1. The number of benzene rings is 1. The average molecular weight is 203 g/mol. The summed E-state index contributed by atoms with van der Waals surface area (Å²) in [7, 11) is 1.95. The lowest BCUT2D eigenvalue weighted by Crippen LogP contribution is -2.16. The van der Waals surface area contributed by atoms with Crippen LogP contribution in [0, 0.1) is 12.3 Å². The van der Waals surface area contributed by atoms with E-state index in [1.807, 2.05) is 43.1 Å². The monoisotopic (exact) mass is 203 g/mol. The van der Waals surface area contributed by atoms with Crippen molar-refractivity contribution < 1.29 is 5.11 Å². The van der Waals surface area contributed by atoms with Gasteiger partial charge >= 0.3 is 0 Å². The lowest BCUT2D eigenvalue weighted by molar-refractivity contribution is 0.173. The number of nitrogens with zero attached hydrogens (tertiary/aromatic N) is 1. The molecular weight excluding hydrogens is 186 g/mol. The predicted molar refractivity (Wildman–Crippen MR) is 63.8 cm³/mol. The predicted octanol–water partition coefficient (Wildman–Crippen LogP) is 2.20. The van der Waals surface area contributed by atoms with E-state index in [0.717, 1.165) is 17.7 Å². The molecule has 2 nitrogen and oxygen atoms in total. The van der Waals surface area contributed by atoms with E-state index < -0.39 is 0 Å². The summed E-state index contributed by atoms with van der Waals surface area (Å²) < 4.78 is 0. The highest BCUT2D eigenvalue weighted by Gasteiger charge is 2.05. The van der Waals surface area contributed by atoms with Crippen LogP contribution in [0.5, 0.6) is 0 Å². The van der Waals surface area contributed by atoms with Crippen molar-refractivity contribution in [3.63, 3.8) is 0 Å². The first-order valence-corrected chi connectivity index (χ1v) is 5.11. The maximum absolute atomic E-state index is 9.62. The second kappa shape index (κ2) is 5.43. The van der Waals surface area contributed by atoms with Crippen molar-refractivity contribution in [3.05, 3.63) is 29.8 Å². The maximum Gasteiger partial charge on any atom is 0.0788 e. The summed E-state index contributed by atoms with van der Waals surface area (Å²) in [5.41, 5.74) is 2.02. The third kappa shape index (κ3) is 3.00. The van der Waals surface area contributed by atoms with Gasteiger partial charge in [-0.1, -0.05) is 25.0 Å². The second-order valence-electron chi connectivity index (χ2n) is 3.58. The van der Waals surface area contributed by atoms with Crippen molar-refractivity contribution in [2.24, 2.45) is 0 Å². The summed E-state index contributed by atoms with van der Waals surface area (Å²) in [5, 5.41) is 9.62. The molecule has 1 aromatic carbocycles. The summed E-state index contributed by atoms with van der Waals surface area (Å²) >= 11 is 0. The molecule has 0 fully saturated rings. The number of aliphatic hydroxyl groups is 1. The molecule has 1 N–H and O–H groups in total.